The Labute approximate surface area is 158 Å². The molecule has 0 bridgehead atoms. The van der Waals surface area contributed by atoms with Crippen LogP contribution in [0.25, 0.3) is 10.8 Å². The average molecular weight is 374 g/mol. The summed E-state index contributed by atoms with van der Waals surface area (Å²) in [5.41, 5.74) is 0.904. The van der Waals surface area contributed by atoms with Crippen LogP contribution in [0, 0.1) is 0 Å². The van der Waals surface area contributed by atoms with E-state index >= 15 is 0 Å². The number of hydrogen-bond donors (Lipinski definition) is 1. The molecule has 2 aliphatic heterocycles. The topological polar surface area (TPSA) is 56.9 Å². The van der Waals surface area contributed by atoms with Gasteiger partial charge in [0, 0.05) is 26.2 Å². The number of nitrogens with zero attached hydrogens (tertiary/aromatic N) is 4. The van der Waals surface area contributed by atoms with Crippen molar-refractivity contribution in [1.82, 2.24) is 20.1 Å². The molecule has 1 N–H and O–H groups in total. The van der Waals surface area contributed by atoms with E-state index in [2.05, 4.69) is 25.1 Å². The predicted octanol–water partition coefficient (Wildman–Crippen LogP) is 3.04. The van der Waals surface area contributed by atoms with Gasteiger partial charge in [0.15, 0.2) is 5.96 Å². The molecule has 6 nitrogen and oxygen atoms in total. The molecule has 0 aromatic carbocycles. The second-order valence-corrected chi connectivity index (χ2v) is 7.95. The molecule has 26 heavy (non-hydrogen) atoms. The van der Waals surface area contributed by atoms with Gasteiger partial charge in [-0.25, -0.2) is 4.98 Å². The predicted molar refractivity (Wildman–Crippen MR) is 105 cm³/mol. The highest BCUT2D eigenvalue weighted by Crippen LogP contribution is 2.24. The Balaban J connectivity index is 1.31. The van der Waals surface area contributed by atoms with Gasteiger partial charge >= 0.3 is 0 Å². The summed E-state index contributed by atoms with van der Waals surface area (Å²) in [7, 11) is 1.86. The molecule has 2 aromatic rings. The molecule has 4 rings (SSSR count). The zero-order valence-electron chi connectivity index (χ0n) is 15.4. The lowest BCUT2D eigenvalue weighted by Crippen LogP contribution is -2.44. The van der Waals surface area contributed by atoms with Crippen molar-refractivity contribution in [2.45, 2.75) is 38.3 Å². The molecule has 1 atom stereocenters. The van der Waals surface area contributed by atoms with Crippen molar-refractivity contribution in [2.75, 3.05) is 33.2 Å². The third-order valence-electron chi connectivity index (χ3n) is 5.29. The Morgan fingerprint density at radius 2 is 2.23 bits per heavy atom. The number of aliphatic imine (C=N–C) groups is 1. The van der Waals surface area contributed by atoms with Gasteiger partial charge in [-0.15, -0.1) is 11.3 Å². The van der Waals surface area contributed by atoms with E-state index in [1.165, 1.54) is 38.8 Å². The number of likely N-dealkylation sites (tertiary alicyclic amines) is 2. The van der Waals surface area contributed by atoms with Crippen molar-refractivity contribution in [3.05, 3.63) is 29.5 Å². The molecule has 2 aliphatic rings. The van der Waals surface area contributed by atoms with Gasteiger partial charge in [-0.2, -0.15) is 0 Å². The maximum Gasteiger partial charge on any atom is 0.236 e. The molecule has 4 heterocycles. The van der Waals surface area contributed by atoms with Gasteiger partial charge in [0.2, 0.25) is 5.89 Å². The smallest absolute Gasteiger partial charge is 0.236 e. The van der Waals surface area contributed by atoms with Gasteiger partial charge in [-0.05, 0) is 43.8 Å². The van der Waals surface area contributed by atoms with Crippen molar-refractivity contribution in [3.63, 3.8) is 0 Å². The molecule has 0 amide bonds. The number of oxazole rings is 1. The van der Waals surface area contributed by atoms with Crippen LogP contribution in [0.4, 0.5) is 0 Å². The van der Waals surface area contributed by atoms with Crippen LogP contribution in [0.2, 0.25) is 0 Å². The van der Waals surface area contributed by atoms with Crippen molar-refractivity contribution in [1.29, 1.82) is 0 Å². The van der Waals surface area contributed by atoms with Crippen LogP contribution in [0.5, 0.6) is 0 Å². The fourth-order valence-corrected chi connectivity index (χ4v) is 4.57. The van der Waals surface area contributed by atoms with E-state index in [-0.39, 0.29) is 0 Å². The number of piperidine rings is 1. The maximum atomic E-state index is 5.60. The maximum absolute atomic E-state index is 5.60. The normalized spacial score (nSPS) is 22.1. The fourth-order valence-electron chi connectivity index (χ4n) is 3.92. The van der Waals surface area contributed by atoms with E-state index in [1.807, 2.05) is 24.6 Å². The molecule has 2 aromatic heterocycles. The highest BCUT2D eigenvalue weighted by molar-refractivity contribution is 7.13. The minimum atomic E-state index is 0.631. The van der Waals surface area contributed by atoms with Crippen LogP contribution >= 0.6 is 11.3 Å². The zero-order chi connectivity index (χ0) is 17.8. The number of aromatic nitrogens is 1. The van der Waals surface area contributed by atoms with E-state index in [4.69, 9.17) is 4.42 Å². The van der Waals surface area contributed by atoms with Crippen LogP contribution in [0.15, 0.2) is 33.2 Å². The zero-order valence-corrected chi connectivity index (χ0v) is 16.2. The molecule has 0 aliphatic carbocycles. The highest BCUT2D eigenvalue weighted by Gasteiger charge is 2.30. The summed E-state index contributed by atoms with van der Waals surface area (Å²) in [5.74, 6) is 1.66. The second kappa shape index (κ2) is 8.22. The SMILES string of the molecule is CN=C(NCc1coc(-c2cccs2)n1)N1CCC(N2CCCCC2)C1. The molecular weight excluding hydrogens is 346 g/mol. The largest absolute Gasteiger partial charge is 0.443 e. The molecule has 7 heteroatoms. The molecular formula is C19H27N5OS. The first-order valence-electron chi connectivity index (χ1n) is 9.51. The van der Waals surface area contributed by atoms with Crippen molar-refractivity contribution in [2.24, 2.45) is 4.99 Å². The van der Waals surface area contributed by atoms with Crippen molar-refractivity contribution < 1.29 is 4.42 Å². The minimum Gasteiger partial charge on any atom is -0.443 e. The molecule has 1 unspecified atom stereocenters. The van der Waals surface area contributed by atoms with Crippen LogP contribution in [0.3, 0.4) is 0 Å². The number of hydrogen-bond acceptors (Lipinski definition) is 5. The van der Waals surface area contributed by atoms with Crippen LogP contribution < -0.4 is 5.32 Å². The van der Waals surface area contributed by atoms with Gasteiger partial charge in [0.25, 0.3) is 0 Å². The number of nitrogens with one attached hydrogen (secondary N) is 1. The Hall–Kier alpha value is -1.86. The first kappa shape index (κ1) is 17.5. The van der Waals surface area contributed by atoms with E-state index in [0.29, 0.717) is 18.5 Å². The highest BCUT2D eigenvalue weighted by atomic mass is 32.1. The summed E-state index contributed by atoms with van der Waals surface area (Å²) in [6.45, 7) is 5.29. The van der Waals surface area contributed by atoms with Crippen LogP contribution in [0.1, 0.15) is 31.4 Å². The Morgan fingerprint density at radius 1 is 1.35 bits per heavy atom. The summed E-state index contributed by atoms with van der Waals surface area (Å²) in [4.78, 5) is 15.2. The Kier molecular flexibility index (Phi) is 5.55. The van der Waals surface area contributed by atoms with Gasteiger partial charge in [0.05, 0.1) is 17.1 Å². The van der Waals surface area contributed by atoms with Crippen molar-refractivity contribution >= 4 is 17.3 Å². The quantitative estimate of drug-likeness (QED) is 0.659. The first-order valence-corrected chi connectivity index (χ1v) is 10.4. The summed E-state index contributed by atoms with van der Waals surface area (Å²) >= 11 is 1.64. The minimum absolute atomic E-state index is 0.631. The molecule has 0 saturated carbocycles. The lowest BCUT2D eigenvalue weighted by molar-refractivity contribution is 0.168. The summed E-state index contributed by atoms with van der Waals surface area (Å²) in [5, 5.41) is 5.48. The lowest BCUT2D eigenvalue weighted by atomic mass is 10.1. The molecule has 140 valence electrons. The average Bonchev–Trinajstić information content (AvgIpc) is 3.44. The van der Waals surface area contributed by atoms with Gasteiger partial charge < -0.3 is 14.6 Å². The van der Waals surface area contributed by atoms with Gasteiger partial charge in [-0.3, -0.25) is 9.89 Å². The number of thiophene rings is 1. The van der Waals surface area contributed by atoms with Crippen LogP contribution in [-0.4, -0.2) is 60.0 Å². The molecule has 2 fully saturated rings. The summed E-state index contributed by atoms with van der Waals surface area (Å²) in [6.07, 6.45) is 7.05. The van der Waals surface area contributed by atoms with Crippen molar-refractivity contribution in [3.8, 4) is 10.8 Å². The monoisotopic (exact) mass is 373 g/mol. The molecule has 2 saturated heterocycles. The van der Waals surface area contributed by atoms with Gasteiger partial charge in [-0.1, -0.05) is 12.5 Å². The third-order valence-corrected chi connectivity index (χ3v) is 6.15. The van der Waals surface area contributed by atoms with E-state index in [0.717, 1.165) is 29.6 Å². The number of guanidine groups is 1. The standard InChI is InChI=1S/C19H27N5OS/c1-20-19(24-10-7-16(13-24)23-8-3-2-4-9-23)21-12-15-14-25-18(22-15)17-6-5-11-26-17/h5-6,11,14,16H,2-4,7-10,12-13H2,1H3,(H,20,21). The van der Waals surface area contributed by atoms with E-state index < -0.39 is 0 Å². The van der Waals surface area contributed by atoms with E-state index in [1.54, 1.807) is 17.6 Å². The Bertz CT molecular complexity index is 720. The second-order valence-electron chi connectivity index (χ2n) is 7.01. The number of rotatable bonds is 4. The first-order chi connectivity index (χ1) is 12.8. The van der Waals surface area contributed by atoms with Gasteiger partial charge in [0.1, 0.15) is 6.26 Å². The third kappa shape index (κ3) is 3.94. The summed E-state index contributed by atoms with van der Waals surface area (Å²) < 4.78 is 5.60. The van der Waals surface area contributed by atoms with Crippen LogP contribution in [-0.2, 0) is 6.54 Å². The molecule has 0 radical (unpaired) electrons. The Morgan fingerprint density at radius 3 is 3.00 bits per heavy atom. The summed E-state index contributed by atoms with van der Waals surface area (Å²) in [6, 6.07) is 4.71. The molecule has 0 spiro atoms. The lowest BCUT2D eigenvalue weighted by Gasteiger charge is -2.32. The fraction of sp³-hybridized carbons (Fsp3) is 0.579. The van der Waals surface area contributed by atoms with E-state index in [9.17, 15) is 0 Å².